The van der Waals surface area contributed by atoms with Gasteiger partial charge in [-0.3, -0.25) is 4.79 Å². The van der Waals surface area contributed by atoms with Crippen LogP contribution in [-0.4, -0.2) is 71.8 Å². The van der Waals surface area contributed by atoms with E-state index < -0.39 is 17.7 Å². The van der Waals surface area contributed by atoms with Gasteiger partial charge in [-0.2, -0.15) is 0 Å². The number of allylic oxidation sites excluding steroid dienone is 1. The third-order valence-electron chi connectivity index (χ3n) is 12.6. The van der Waals surface area contributed by atoms with Crippen LogP contribution in [0, 0.1) is 23.7 Å². The number of unbranched alkanes of at least 4 members (excludes halogenated alkanes) is 2. The minimum Gasteiger partial charge on any atom is -0.490 e. The van der Waals surface area contributed by atoms with Gasteiger partial charge in [-0.15, -0.1) is 6.58 Å². The van der Waals surface area contributed by atoms with Gasteiger partial charge in [0, 0.05) is 43.6 Å². The molecule has 0 bridgehead atoms. The van der Waals surface area contributed by atoms with Crippen molar-refractivity contribution in [3.63, 3.8) is 0 Å². The van der Waals surface area contributed by atoms with Gasteiger partial charge in [0.2, 0.25) is 18.5 Å². The van der Waals surface area contributed by atoms with Gasteiger partial charge in [0.05, 0.1) is 18.2 Å². The number of aliphatic hydroxyl groups excluding tert-OH is 2. The summed E-state index contributed by atoms with van der Waals surface area (Å²) in [6.07, 6.45) is 12.6. The average Bonchev–Trinajstić information content (AvgIpc) is 4.02. The molecule has 2 aliphatic heterocycles. The lowest BCUT2D eigenvalue weighted by atomic mass is 9.55. The van der Waals surface area contributed by atoms with Crippen LogP contribution in [0.15, 0.2) is 109 Å². The van der Waals surface area contributed by atoms with Crippen LogP contribution in [0.2, 0.25) is 0 Å². The molecule has 5 aliphatic rings. The monoisotopic (exact) mass is 818 g/mol. The normalized spacial score (nSPS) is 25.3. The molecule has 1 amide bonds. The molecule has 2 heterocycles. The smallest absolute Gasteiger partial charge is 0.239 e. The molecule has 6 atom stereocenters. The second-order valence-corrected chi connectivity index (χ2v) is 16.6. The Morgan fingerprint density at radius 3 is 2.42 bits per heavy atom. The number of carbonyl (C=O) groups is 1. The highest BCUT2D eigenvalue weighted by Crippen LogP contribution is 2.62. The molecule has 0 aromatic heterocycles. The van der Waals surface area contributed by atoms with Crippen molar-refractivity contribution >= 4 is 11.6 Å². The number of amides is 1. The van der Waals surface area contributed by atoms with Crippen molar-refractivity contribution in [2.75, 3.05) is 33.2 Å². The summed E-state index contributed by atoms with van der Waals surface area (Å²) in [6, 6.07) is 21.2. The molecule has 2 N–H and O–H groups in total. The van der Waals surface area contributed by atoms with E-state index in [-0.39, 0.29) is 62.8 Å². The molecule has 0 spiro atoms. The van der Waals surface area contributed by atoms with Crippen LogP contribution in [0.1, 0.15) is 80.4 Å². The summed E-state index contributed by atoms with van der Waals surface area (Å²) in [5.74, 6) is 0.937. The van der Waals surface area contributed by atoms with E-state index in [9.17, 15) is 15.0 Å². The van der Waals surface area contributed by atoms with Crippen LogP contribution in [0.5, 0.6) is 23.0 Å². The fraction of sp³-hybridized carbons (Fsp3) is 0.469. The fourth-order valence-electron chi connectivity index (χ4n) is 9.79. The molecule has 60 heavy (non-hydrogen) atoms. The standard InChI is InChI=1S/C49H58N2O9/c1-3-24-55-37-19-21-42-40(28-37)46-38(15-9-11-23-53)36(14-8-10-22-52)27-39-41(50-59-31-33-12-6-5-7-13-33)29-45(49(60-42,47(39)46)58-25-4-2)51(48(54)35-17-18-35)30-34-16-20-43-44(26-34)57-32-56-43/h3-7,12-13,16,19-21,26-28,35-36,38,45-47,52-53H,1-2,8-11,14-15,17-18,22-25,29-32H2/t36-,38+,45-,46+,47+,49+/m0/s1. The summed E-state index contributed by atoms with van der Waals surface area (Å²) >= 11 is 0. The third kappa shape index (κ3) is 8.71. The zero-order valence-corrected chi connectivity index (χ0v) is 34.4. The predicted octanol–water partition coefficient (Wildman–Crippen LogP) is 8.25. The summed E-state index contributed by atoms with van der Waals surface area (Å²) in [4.78, 5) is 23.1. The molecular weight excluding hydrogens is 761 g/mol. The van der Waals surface area contributed by atoms with E-state index in [2.05, 4.69) is 25.3 Å². The minimum atomic E-state index is -1.36. The van der Waals surface area contributed by atoms with Gasteiger partial charge >= 0.3 is 0 Å². The molecule has 11 heteroatoms. The first-order valence-electron chi connectivity index (χ1n) is 21.6. The third-order valence-corrected chi connectivity index (χ3v) is 12.6. The zero-order chi connectivity index (χ0) is 41.5. The van der Waals surface area contributed by atoms with E-state index in [1.54, 1.807) is 12.2 Å². The Hall–Kier alpha value is -5.10. The predicted molar refractivity (Wildman–Crippen MR) is 228 cm³/mol. The van der Waals surface area contributed by atoms with E-state index in [1.165, 1.54) is 0 Å². The first kappa shape index (κ1) is 41.6. The number of nitrogens with zero attached hydrogens (tertiary/aromatic N) is 2. The van der Waals surface area contributed by atoms with Gasteiger partial charge < -0.3 is 43.6 Å². The lowest BCUT2D eigenvalue weighted by Gasteiger charge is -2.60. The van der Waals surface area contributed by atoms with Crippen LogP contribution in [0.25, 0.3) is 0 Å². The van der Waals surface area contributed by atoms with Crippen LogP contribution >= 0.6 is 0 Å². The Kier molecular flexibility index (Phi) is 13.2. The first-order valence-corrected chi connectivity index (χ1v) is 21.6. The highest BCUT2D eigenvalue weighted by molar-refractivity contribution is 6.03. The van der Waals surface area contributed by atoms with Gasteiger partial charge in [0.15, 0.2) is 11.5 Å². The molecule has 2 fully saturated rings. The lowest BCUT2D eigenvalue weighted by Crippen LogP contribution is -2.70. The maximum Gasteiger partial charge on any atom is 0.239 e. The van der Waals surface area contributed by atoms with Gasteiger partial charge in [-0.05, 0) is 97.4 Å². The molecule has 0 saturated heterocycles. The quantitative estimate of drug-likeness (QED) is 0.0621. The summed E-state index contributed by atoms with van der Waals surface area (Å²) in [7, 11) is 0. The number of rotatable bonds is 21. The van der Waals surface area contributed by atoms with Crippen molar-refractivity contribution in [3.8, 4) is 23.0 Å². The fourth-order valence-corrected chi connectivity index (χ4v) is 9.79. The molecule has 3 aromatic carbocycles. The van der Waals surface area contributed by atoms with Gasteiger partial charge in [0.1, 0.15) is 30.8 Å². The van der Waals surface area contributed by atoms with Crippen molar-refractivity contribution in [1.29, 1.82) is 0 Å². The SMILES string of the molecule is C=CCOc1ccc2c(c1)[C@H]1[C@H](CCCCO)[C@@H](CCCCO)C=C3C(=NOCc4ccccc4)C[C@H](N(Cc4ccc5c(c4)OCO5)C(=O)C4CC4)[C@@](OCC=C)(O2)[C@H]31. The number of fused-ring (bicyclic) bond motifs is 3. The lowest BCUT2D eigenvalue weighted by molar-refractivity contribution is -0.258. The zero-order valence-electron chi connectivity index (χ0n) is 34.4. The van der Waals surface area contributed by atoms with Gasteiger partial charge in [0.25, 0.3) is 0 Å². The van der Waals surface area contributed by atoms with Crippen molar-refractivity contribution in [2.45, 2.75) is 88.7 Å². The molecule has 8 rings (SSSR count). The summed E-state index contributed by atoms with van der Waals surface area (Å²) in [5, 5.41) is 24.9. The Labute approximate surface area is 353 Å². The average molecular weight is 819 g/mol. The van der Waals surface area contributed by atoms with E-state index in [0.717, 1.165) is 66.5 Å². The molecule has 318 valence electrons. The number of ether oxygens (including phenoxy) is 5. The summed E-state index contributed by atoms with van der Waals surface area (Å²) in [6.45, 7) is 9.43. The second kappa shape index (κ2) is 19.1. The number of aliphatic hydroxyl groups is 2. The highest BCUT2D eigenvalue weighted by atomic mass is 16.7. The van der Waals surface area contributed by atoms with E-state index in [0.29, 0.717) is 55.4 Å². The van der Waals surface area contributed by atoms with Gasteiger partial charge in [-0.25, -0.2) is 0 Å². The molecule has 0 radical (unpaired) electrons. The van der Waals surface area contributed by atoms with Crippen molar-refractivity contribution in [1.82, 2.24) is 4.90 Å². The Bertz CT molecular complexity index is 2050. The topological polar surface area (TPSA) is 129 Å². The number of hydrogen-bond acceptors (Lipinski definition) is 10. The molecule has 3 aromatic rings. The highest BCUT2D eigenvalue weighted by Gasteiger charge is 2.66. The van der Waals surface area contributed by atoms with Crippen LogP contribution in [0.3, 0.4) is 0 Å². The van der Waals surface area contributed by atoms with E-state index >= 15 is 0 Å². The second-order valence-electron chi connectivity index (χ2n) is 16.6. The van der Waals surface area contributed by atoms with Crippen LogP contribution in [-0.2, 0) is 27.5 Å². The minimum absolute atomic E-state index is 0.0486. The molecular formula is C49H58N2O9. The summed E-state index contributed by atoms with van der Waals surface area (Å²) in [5.41, 5.74) is 4.65. The number of hydrogen-bond donors (Lipinski definition) is 2. The number of carbonyl (C=O) groups excluding carboxylic acids is 1. The van der Waals surface area contributed by atoms with Crippen molar-refractivity contribution in [2.24, 2.45) is 28.8 Å². The first-order chi connectivity index (χ1) is 29.5. The summed E-state index contributed by atoms with van der Waals surface area (Å²) < 4.78 is 32.2. The Morgan fingerprint density at radius 1 is 0.883 bits per heavy atom. The largest absolute Gasteiger partial charge is 0.490 e. The maximum absolute atomic E-state index is 14.9. The number of benzene rings is 3. The molecule has 3 aliphatic carbocycles. The van der Waals surface area contributed by atoms with Crippen molar-refractivity contribution in [3.05, 3.63) is 120 Å². The maximum atomic E-state index is 14.9. The van der Waals surface area contributed by atoms with Crippen LogP contribution < -0.4 is 18.9 Å². The number of oxime groups is 1. The van der Waals surface area contributed by atoms with Gasteiger partial charge in [-0.1, -0.05) is 79.2 Å². The molecule has 11 nitrogen and oxygen atoms in total. The Balaban J connectivity index is 1.32. The molecule has 0 unspecified atom stereocenters. The molecule has 2 saturated carbocycles. The van der Waals surface area contributed by atoms with Crippen molar-refractivity contribution < 1.29 is 43.5 Å². The van der Waals surface area contributed by atoms with E-state index in [1.807, 2.05) is 65.6 Å². The van der Waals surface area contributed by atoms with E-state index in [4.69, 9.17) is 33.7 Å². The van der Waals surface area contributed by atoms with Crippen LogP contribution in [0.4, 0.5) is 0 Å². The Morgan fingerprint density at radius 2 is 1.65 bits per heavy atom.